The van der Waals surface area contributed by atoms with Crippen molar-refractivity contribution in [3.63, 3.8) is 0 Å². The van der Waals surface area contributed by atoms with Crippen LogP contribution in [0.1, 0.15) is 16.7 Å². The van der Waals surface area contributed by atoms with Crippen LogP contribution in [0.15, 0.2) is 78.9 Å². The highest BCUT2D eigenvalue weighted by molar-refractivity contribution is 7.92. The number of halogens is 1. The first kappa shape index (κ1) is 27.2. The maximum absolute atomic E-state index is 13.8. The summed E-state index contributed by atoms with van der Waals surface area (Å²) in [5.41, 5.74) is 2.76. The fourth-order valence-electron chi connectivity index (χ4n) is 3.85. The number of hydrogen-bond donors (Lipinski definition) is 1. The summed E-state index contributed by atoms with van der Waals surface area (Å²) in [6, 6.07) is 22.6. The lowest BCUT2D eigenvalue weighted by atomic mass is 10.0. The molecule has 0 spiro atoms. The highest BCUT2D eigenvalue weighted by Gasteiger charge is 2.32. The van der Waals surface area contributed by atoms with Crippen LogP contribution in [0.3, 0.4) is 0 Å². The van der Waals surface area contributed by atoms with Crippen molar-refractivity contribution in [3.05, 3.63) is 101 Å². The number of hydrogen-bond acceptors (Lipinski definition) is 4. The lowest BCUT2D eigenvalue weighted by Crippen LogP contribution is -2.52. The highest BCUT2D eigenvalue weighted by Crippen LogP contribution is 2.25. The van der Waals surface area contributed by atoms with Gasteiger partial charge in [-0.25, -0.2) is 8.42 Å². The topological polar surface area (TPSA) is 86.8 Å². The van der Waals surface area contributed by atoms with Crippen LogP contribution >= 0.6 is 11.6 Å². The quantitative estimate of drug-likeness (QED) is 0.434. The molecule has 36 heavy (non-hydrogen) atoms. The first-order valence-corrected chi connectivity index (χ1v) is 13.7. The number of carbonyl (C=O) groups is 2. The number of nitrogens with one attached hydrogen (secondary N) is 1. The molecule has 0 heterocycles. The standard InChI is InChI=1S/C27H30ClN3O4S/c1-20-14-15-23(17-24(20)28)31(36(3,34)35)19-26(32)30(18-22-12-8-5-9-13-22)25(27(33)29-2)16-21-10-6-4-7-11-21/h4-15,17,25H,16,18-19H2,1-3H3,(H,29,33)/t25-/m0/s1. The third-order valence-electron chi connectivity index (χ3n) is 5.84. The maximum atomic E-state index is 13.8. The number of likely N-dealkylation sites (N-methyl/N-ethyl adjacent to an activating group) is 1. The lowest BCUT2D eigenvalue weighted by molar-refractivity contribution is -0.139. The van der Waals surface area contributed by atoms with E-state index in [9.17, 15) is 18.0 Å². The van der Waals surface area contributed by atoms with E-state index in [-0.39, 0.29) is 24.6 Å². The van der Waals surface area contributed by atoms with Crippen molar-refractivity contribution in [2.75, 3.05) is 24.2 Å². The zero-order valence-electron chi connectivity index (χ0n) is 20.5. The monoisotopic (exact) mass is 527 g/mol. The summed E-state index contributed by atoms with van der Waals surface area (Å²) in [6.07, 6.45) is 1.31. The van der Waals surface area contributed by atoms with Crippen LogP contribution in [0, 0.1) is 6.92 Å². The van der Waals surface area contributed by atoms with Gasteiger partial charge in [0, 0.05) is 25.0 Å². The van der Waals surface area contributed by atoms with E-state index in [0.717, 1.165) is 27.3 Å². The molecule has 0 bridgehead atoms. The summed E-state index contributed by atoms with van der Waals surface area (Å²) in [5, 5.41) is 3.04. The van der Waals surface area contributed by atoms with Crippen LogP contribution in [-0.4, -0.2) is 51.0 Å². The lowest BCUT2D eigenvalue weighted by Gasteiger charge is -2.33. The third-order valence-corrected chi connectivity index (χ3v) is 7.38. The van der Waals surface area contributed by atoms with Gasteiger partial charge >= 0.3 is 0 Å². The van der Waals surface area contributed by atoms with Crippen molar-refractivity contribution in [1.29, 1.82) is 0 Å². The summed E-state index contributed by atoms with van der Waals surface area (Å²) in [4.78, 5) is 28.3. The summed E-state index contributed by atoms with van der Waals surface area (Å²) < 4.78 is 26.5. The molecule has 1 N–H and O–H groups in total. The van der Waals surface area contributed by atoms with Gasteiger partial charge < -0.3 is 10.2 Å². The van der Waals surface area contributed by atoms with Gasteiger partial charge in [0.1, 0.15) is 12.6 Å². The summed E-state index contributed by atoms with van der Waals surface area (Å²) in [6.45, 7) is 1.46. The van der Waals surface area contributed by atoms with Gasteiger partial charge in [0.15, 0.2) is 0 Å². The zero-order valence-corrected chi connectivity index (χ0v) is 22.1. The Hall–Kier alpha value is -3.36. The zero-order chi connectivity index (χ0) is 26.3. The normalized spacial score (nSPS) is 12.0. The van der Waals surface area contributed by atoms with E-state index in [0.29, 0.717) is 5.02 Å². The van der Waals surface area contributed by atoms with E-state index in [4.69, 9.17) is 11.6 Å². The second-order valence-corrected chi connectivity index (χ2v) is 10.8. The van der Waals surface area contributed by atoms with Crippen molar-refractivity contribution >= 4 is 39.1 Å². The number of amides is 2. The molecule has 0 unspecified atom stereocenters. The van der Waals surface area contributed by atoms with Gasteiger partial charge in [0.25, 0.3) is 0 Å². The Kier molecular flexibility index (Phi) is 9.12. The molecule has 0 aliphatic heterocycles. The van der Waals surface area contributed by atoms with Crippen molar-refractivity contribution in [2.45, 2.75) is 25.9 Å². The molecule has 7 nitrogen and oxygen atoms in total. The number of sulfonamides is 1. The number of rotatable bonds is 10. The molecular formula is C27H30ClN3O4S. The number of nitrogens with zero attached hydrogens (tertiary/aromatic N) is 2. The molecule has 0 saturated carbocycles. The van der Waals surface area contributed by atoms with E-state index >= 15 is 0 Å². The van der Waals surface area contributed by atoms with Crippen LogP contribution in [0.2, 0.25) is 5.02 Å². The minimum atomic E-state index is -3.83. The number of carbonyl (C=O) groups excluding carboxylic acids is 2. The molecule has 0 aromatic heterocycles. The minimum absolute atomic E-state index is 0.136. The van der Waals surface area contributed by atoms with Gasteiger partial charge in [-0.3, -0.25) is 13.9 Å². The third kappa shape index (κ3) is 7.08. The Bertz CT molecular complexity index is 1300. The predicted molar refractivity (Wildman–Crippen MR) is 143 cm³/mol. The molecule has 0 fully saturated rings. The largest absolute Gasteiger partial charge is 0.357 e. The van der Waals surface area contributed by atoms with E-state index in [1.54, 1.807) is 19.1 Å². The SMILES string of the molecule is CNC(=O)[C@H](Cc1ccccc1)N(Cc1ccccc1)C(=O)CN(c1ccc(C)c(Cl)c1)S(C)(=O)=O. The number of benzene rings is 3. The van der Waals surface area contributed by atoms with Gasteiger partial charge in [-0.2, -0.15) is 0 Å². The summed E-state index contributed by atoms with van der Waals surface area (Å²) in [7, 11) is -2.32. The molecule has 9 heteroatoms. The average Bonchev–Trinajstić information content (AvgIpc) is 2.86. The summed E-state index contributed by atoms with van der Waals surface area (Å²) in [5.74, 6) is -0.849. The first-order chi connectivity index (χ1) is 17.1. The van der Waals surface area contributed by atoms with Crippen LogP contribution in [0.25, 0.3) is 0 Å². The van der Waals surface area contributed by atoms with Crippen molar-refractivity contribution in [2.24, 2.45) is 0 Å². The Morgan fingerprint density at radius 2 is 1.53 bits per heavy atom. The molecule has 190 valence electrons. The number of anilines is 1. The second kappa shape index (κ2) is 12.1. The molecule has 3 aromatic carbocycles. The highest BCUT2D eigenvalue weighted by atomic mass is 35.5. The van der Waals surface area contributed by atoms with Gasteiger partial charge in [0.05, 0.1) is 11.9 Å². The van der Waals surface area contributed by atoms with E-state index in [1.807, 2.05) is 60.7 Å². The average molecular weight is 528 g/mol. The fourth-order valence-corrected chi connectivity index (χ4v) is 4.87. The smallest absolute Gasteiger partial charge is 0.244 e. The molecule has 0 aliphatic rings. The Balaban J connectivity index is 2.01. The number of aryl methyl sites for hydroxylation is 1. The van der Waals surface area contributed by atoms with Gasteiger partial charge in [-0.05, 0) is 35.7 Å². The molecular weight excluding hydrogens is 498 g/mol. The molecule has 0 saturated heterocycles. The molecule has 0 radical (unpaired) electrons. The van der Waals surface area contributed by atoms with E-state index < -0.39 is 28.5 Å². The molecule has 2 amide bonds. The van der Waals surface area contributed by atoms with Crippen LogP contribution in [0.5, 0.6) is 0 Å². The molecule has 3 aromatic rings. The predicted octanol–water partition coefficient (Wildman–Crippen LogP) is 3.80. The Labute approximate surface area is 217 Å². The van der Waals surface area contributed by atoms with Gasteiger partial charge in [0.2, 0.25) is 21.8 Å². The van der Waals surface area contributed by atoms with Crippen LogP contribution in [0.4, 0.5) is 5.69 Å². The first-order valence-electron chi connectivity index (χ1n) is 11.4. The van der Waals surface area contributed by atoms with Gasteiger partial charge in [-0.15, -0.1) is 0 Å². The van der Waals surface area contributed by atoms with Crippen molar-refractivity contribution in [1.82, 2.24) is 10.2 Å². The van der Waals surface area contributed by atoms with Crippen molar-refractivity contribution < 1.29 is 18.0 Å². The summed E-state index contributed by atoms with van der Waals surface area (Å²) >= 11 is 6.25. The molecule has 1 atom stereocenters. The Morgan fingerprint density at radius 1 is 0.944 bits per heavy atom. The van der Waals surface area contributed by atoms with E-state index in [1.165, 1.54) is 18.0 Å². The van der Waals surface area contributed by atoms with Crippen LogP contribution in [-0.2, 0) is 32.6 Å². The minimum Gasteiger partial charge on any atom is -0.357 e. The van der Waals surface area contributed by atoms with Crippen LogP contribution < -0.4 is 9.62 Å². The maximum Gasteiger partial charge on any atom is 0.244 e. The van der Waals surface area contributed by atoms with E-state index in [2.05, 4.69) is 5.32 Å². The van der Waals surface area contributed by atoms with Gasteiger partial charge in [-0.1, -0.05) is 78.3 Å². The molecule has 0 aliphatic carbocycles. The Morgan fingerprint density at radius 3 is 2.06 bits per heavy atom. The fraction of sp³-hybridized carbons (Fsp3) is 0.259. The van der Waals surface area contributed by atoms with Crippen molar-refractivity contribution in [3.8, 4) is 0 Å². The molecule has 3 rings (SSSR count). The second-order valence-electron chi connectivity index (χ2n) is 8.53.